The van der Waals surface area contributed by atoms with Crippen molar-refractivity contribution in [1.29, 1.82) is 0 Å². The van der Waals surface area contributed by atoms with Gasteiger partial charge in [0.05, 0.1) is 10.6 Å². The van der Waals surface area contributed by atoms with Gasteiger partial charge in [-0.2, -0.15) is 0 Å². The fourth-order valence-electron chi connectivity index (χ4n) is 1.61. The first-order valence-electron chi connectivity index (χ1n) is 5.63. The molecule has 104 valence electrons. The second-order valence-electron chi connectivity index (χ2n) is 4.04. The third-order valence-electron chi connectivity index (χ3n) is 2.59. The summed E-state index contributed by atoms with van der Waals surface area (Å²) in [5, 5.41) is 0.0845. The Morgan fingerprint density at radius 1 is 1.30 bits per heavy atom. The van der Waals surface area contributed by atoms with Crippen molar-refractivity contribution < 1.29 is 9.13 Å². The van der Waals surface area contributed by atoms with Gasteiger partial charge in [-0.1, -0.05) is 45.8 Å². The standard InChI is InChI=1S/C14H10BrClFNOS/c15-9-2-4-13(10(6-9)14(18)20)19-7-8-1-3-11(16)12(17)5-8/h1-6H,7H2,(H2,18,20). The van der Waals surface area contributed by atoms with E-state index in [1.165, 1.54) is 12.1 Å². The molecule has 0 unspecified atom stereocenters. The van der Waals surface area contributed by atoms with Gasteiger partial charge < -0.3 is 10.5 Å². The van der Waals surface area contributed by atoms with Crippen molar-refractivity contribution in [2.24, 2.45) is 5.73 Å². The van der Waals surface area contributed by atoms with Crippen LogP contribution in [-0.2, 0) is 6.61 Å². The maximum Gasteiger partial charge on any atom is 0.142 e. The van der Waals surface area contributed by atoms with Crippen LogP contribution in [0, 0.1) is 5.82 Å². The molecule has 0 aromatic heterocycles. The van der Waals surface area contributed by atoms with E-state index in [1.807, 2.05) is 6.07 Å². The summed E-state index contributed by atoms with van der Waals surface area (Å²) in [6.07, 6.45) is 0. The first-order valence-corrected chi connectivity index (χ1v) is 7.21. The molecule has 0 heterocycles. The van der Waals surface area contributed by atoms with Crippen molar-refractivity contribution in [2.45, 2.75) is 6.61 Å². The van der Waals surface area contributed by atoms with E-state index in [1.54, 1.807) is 18.2 Å². The Balaban J connectivity index is 2.18. The molecule has 0 spiro atoms. The maximum atomic E-state index is 13.3. The van der Waals surface area contributed by atoms with Gasteiger partial charge in [0.15, 0.2) is 0 Å². The van der Waals surface area contributed by atoms with Crippen LogP contribution in [0.5, 0.6) is 5.75 Å². The van der Waals surface area contributed by atoms with Crippen LogP contribution in [0.4, 0.5) is 4.39 Å². The van der Waals surface area contributed by atoms with Gasteiger partial charge in [0.25, 0.3) is 0 Å². The SMILES string of the molecule is NC(=S)c1cc(Br)ccc1OCc1ccc(Cl)c(F)c1. The van der Waals surface area contributed by atoms with Crippen molar-refractivity contribution >= 4 is 44.7 Å². The zero-order valence-corrected chi connectivity index (χ0v) is 13.4. The fraction of sp³-hybridized carbons (Fsp3) is 0.0714. The molecule has 0 aliphatic carbocycles. The van der Waals surface area contributed by atoms with E-state index in [2.05, 4.69) is 15.9 Å². The van der Waals surface area contributed by atoms with Gasteiger partial charge >= 0.3 is 0 Å². The predicted octanol–water partition coefficient (Wildman–Crippen LogP) is 4.45. The Hall–Kier alpha value is -1.17. The molecule has 20 heavy (non-hydrogen) atoms. The summed E-state index contributed by atoms with van der Waals surface area (Å²) in [6.45, 7) is 0.200. The molecule has 2 nitrogen and oxygen atoms in total. The topological polar surface area (TPSA) is 35.2 Å². The van der Waals surface area contributed by atoms with Crippen molar-refractivity contribution in [3.63, 3.8) is 0 Å². The van der Waals surface area contributed by atoms with Crippen LogP contribution in [0.1, 0.15) is 11.1 Å². The van der Waals surface area contributed by atoms with Gasteiger partial charge in [0.1, 0.15) is 23.2 Å². The Morgan fingerprint density at radius 2 is 2.05 bits per heavy atom. The van der Waals surface area contributed by atoms with Gasteiger partial charge in [0, 0.05) is 4.47 Å². The van der Waals surface area contributed by atoms with E-state index < -0.39 is 5.82 Å². The minimum atomic E-state index is -0.474. The smallest absolute Gasteiger partial charge is 0.142 e. The molecular formula is C14H10BrClFNOS. The van der Waals surface area contributed by atoms with Gasteiger partial charge in [-0.25, -0.2) is 4.39 Å². The van der Waals surface area contributed by atoms with E-state index in [4.69, 9.17) is 34.3 Å². The van der Waals surface area contributed by atoms with Crippen LogP contribution in [0.2, 0.25) is 5.02 Å². The van der Waals surface area contributed by atoms with Gasteiger partial charge in [-0.05, 0) is 35.9 Å². The minimum absolute atomic E-state index is 0.0845. The summed E-state index contributed by atoms with van der Waals surface area (Å²) in [4.78, 5) is 0.239. The summed E-state index contributed by atoms with van der Waals surface area (Å²) < 4.78 is 19.8. The Bertz CT molecular complexity index is 666. The van der Waals surface area contributed by atoms with Crippen LogP contribution in [0.15, 0.2) is 40.9 Å². The summed E-state index contributed by atoms with van der Waals surface area (Å²) >= 11 is 13.9. The number of thiocarbonyl (C=S) groups is 1. The van der Waals surface area contributed by atoms with Crippen LogP contribution >= 0.6 is 39.7 Å². The third-order valence-corrected chi connectivity index (χ3v) is 3.61. The Morgan fingerprint density at radius 3 is 2.70 bits per heavy atom. The molecule has 0 bridgehead atoms. The number of ether oxygens (including phenoxy) is 1. The molecule has 2 aromatic rings. The zero-order chi connectivity index (χ0) is 14.7. The van der Waals surface area contributed by atoms with Crippen molar-refractivity contribution in [1.82, 2.24) is 0 Å². The predicted molar refractivity (Wildman–Crippen MR) is 85.8 cm³/mol. The molecule has 6 heteroatoms. The van der Waals surface area contributed by atoms with E-state index >= 15 is 0 Å². The summed E-state index contributed by atoms with van der Waals surface area (Å²) in [5.41, 5.74) is 6.95. The highest BCUT2D eigenvalue weighted by Crippen LogP contribution is 2.24. The molecular weight excluding hydrogens is 365 g/mol. The largest absolute Gasteiger partial charge is 0.488 e. The fourth-order valence-corrected chi connectivity index (χ4v) is 2.25. The molecule has 0 aliphatic heterocycles. The van der Waals surface area contributed by atoms with Gasteiger partial charge in [-0.15, -0.1) is 0 Å². The third kappa shape index (κ3) is 3.69. The van der Waals surface area contributed by atoms with Gasteiger partial charge in [-0.3, -0.25) is 0 Å². The molecule has 2 aromatic carbocycles. The lowest BCUT2D eigenvalue weighted by molar-refractivity contribution is 0.305. The van der Waals surface area contributed by atoms with Crippen LogP contribution in [-0.4, -0.2) is 4.99 Å². The highest BCUT2D eigenvalue weighted by Gasteiger charge is 2.08. The number of hydrogen-bond donors (Lipinski definition) is 1. The molecule has 0 aliphatic rings. The summed E-state index contributed by atoms with van der Waals surface area (Å²) in [7, 11) is 0. The first-order chi connectivity index (χ1) is 9.47. The average Bonchev–Trinajstić information content (AvgIpc) is 2.41. The molecule has 0 amide bonds. The molecule has 0 saturated carbocycles. The van der Waals surface area contributed by atoms with Crippen LogP contribution < -0.4 is 10.5 Å². The Kier molecular flexibility index (Phi) is 4.96. The second kappa shape index (κ2) is 6.52. The lowest BCUT2D eigenvalue weighted by Crippen LogP contribution is -2.11. The quantitative estimate of drug-likeness (QED) is 0.803. The number of nitrogens with two attached hydrogens (primary N) is 1. The lowest BCUT2D eigenvalue weighted by atomic mass is 10.2. The minimum Gasteiger partial charge on any atom is -0.488 e. The molecule has 0 atom stereocenters. The molecule has 2 N–H and O–H groups in total. The normalized spacial score (nSPS) is 10.3. The highest BCUT2D eigenvalue weighted by molar-refractivity contribution is 9.10. The monoisotopic (exact) mass is 373 g/mol. The van der Waals surface area contributed by atoms with Crippen molar-refractivity contribution in [3.05, 3.63) is 62.8 Å². The van der Waals surface area contributed by atoms with Crippen molar-refractivity contribution in [2.75, 3.05) is 0 Å². The summed E-state index contributed by atoms with van der Waals surface area (Å²) in [6, 6.07) is 9.88. The number of halogens is 3. The zero-order valence-electron chi connectivity index (χ0n) is 10.2. The van der Waals surface area contributed by atoms with E-state index in [9.17, 15) is 4.39 Å². The van der Waals surface area contributed by atoms with Crippen LogP contribution in [0.25, 0.3) is 0 Å². The first kappa shape index (κ1) is 15.2. The van der Waals surface area contributed by atoms with E-state index in [0.29, 0.717) is 16.9 Å². The van der Waals surface area contributed by atoms with Crippen LogP contribution in [0.3, 0.4) is 0 Å². The maximum absolute atomic E-state index is 13.3. The highest BCUT2D eigenvalue weighted by atomic mass is 79.9. The average molecular weight is 375 g/mol. The number of hydrogen-bond acceptors (Lipinski definition) is 2. The van der Waals surface area contributed by atoms with E-state index in [-0.39, 0.29) is 16.6 Å². The second-order valence-corrected chi connectivity index (χ2v) is 5.80. The number of rotatable bonds is 4. The van der Waals surface area contributed by atoms with Gasteiger partial charge in [0.2, 0.25) is 0 Å². The molecule has 0 saturated heterocycles. The van der Waals surface area contributed by atoms with Crippen molar-refractivity contribution in [3.8, 4) is 5.75 Å². The lowest BCUT2D eigenvalue weighted by Gasteiger charge is -2.11. The molecule has 0 fully saturated rings. The van der Waals surface area contributed by atoms with E-state index in [0.717, 1.165) is 4.47 Å². The molecule has 2 rings (SSSR count). The summed E-state index contributed by atoms with van der Waals surface area (Å²) in [5.74, 6) is 0.0780. The molecule has 0 radical (unpaired) electrons. The number of benzene rings is 2. The Labute approximate surface area is 134 Å².